The number of carbonyl (C=O) groups excluding carboxylic acids is 1. The number of carbonyl (C=O) groups is 1. The summed E-state index contributed by atoms with van der Waals surface area (Å²) in [6.07, 6.45) is 4.54. The van der Waals surface area contributed by atoms with Crippen LogP contribution in [0.25, 0.3) is 0 Å². The van der Waals surface area contributed by atoms with E-state index in [4.69, 9.17) is 5.73 Å². The summed E-state index contributed by atoms with van der Waals surface area (Å²) in [7, 11) is 0. The summed E-state index contributed by atoms with van der Waals surface area (Å²) in [6, 6.07) is 14.8. The van der Waals surface area contributed by atoms with Crippen molar-refractivity contribution >= 4 is 17.3 Å². The number of nitrogens with two attached hydrogens (primary N) is 1. The number of hydrogen-bond acceptors (Lipinski definition) is 3. The quantitative estimate of drug-likeness (QED) is 0.834. The van der Waals surface area contributed by atoms with E-state index in [1.807, 2.05) is 35.2 Å². The molecule has 2 aromatic rings. The molecule has 26 heavy (non-hydrogen) atoms. The van der Waals surface area contributed by atoms with Crippen LogP contribution >= 0.6 is 0 Å². The maximum absolute atomic E-state index is 13.1. The number of fused-ring (bicyclic) bond motifs is 1. The average molecular weight is 349 g/mol. The summed E-state index contributed by atoms with van der Waals surface area (Å²) in [4.78, 5) is 17.5. The molecule has 1 heterocycles. The van der Waals surface area contributed by atoms with Gasteiger partial charge in [0.2, 0.25) is 0 Å². The zero-order valence-electron chi connectivity index (χ0n) is 15.4. The Morgan fingerprint density at radius 1 is 1.19 bits per heavy atom. The molecule has 1 aliphatic carbocycles. The zero-order valence-corrected chi connectivity index (χ0v) is 15.4. The van der Waals surface area contributed by atoms with E-state index in [9.17, 15) is 4.79 Å². The summed E-state index contributed by atoms with van der Waals surface area (Å²) >= 11 is 0. The number of amides is 1. The molecule has 4 heteroatoms. The van der Waals surface area contributed by atoms with E-state index >= 15 is 0 Å². The van der Waals surface area contributed by atoms with Gasteiger partial charge in [-0.1, -0.05) is 25.1 Å². The first kappa shape index (κ1) is 17.1. The molecule has 1 aliphatic heterocycles. The molecule has 1 saturated carbocycles. The first-order valence-corrected chi connectivity index (χ1v) is 9.69. The predicted molar refractivity (Wildman–Crippen MR) is 106 cm³/mol. The van der Waals surface area contributed by atoms with E-state index in [0.717, 1.165) is 61.0 Å². The van der Waals surface area contributed by atoms with Gasteiger partial charge in [-0.2, -0.15) is 0 Å². The van der Waals surface area contributed by atoms with Gasteiger partial charge in [0.1, 0.15) is 0 Å². The first-order chi connectivity index (χ1) is 12.7. The maximum Gasteiger partial charge on any atom is 0.258 e. The third-order valence-electron chi connectivity index (χ3n) is 5.59. The highest BCUT2D eigenvalue weighted by Gasteiger charge is 2.28. The van der Waals surface area contributed by atoms with Crippen molar-refractivity contribution in [1.29, 1.82) is 0 Å². The van der Waals surface area contributed by atoms with Gasteiger partial charge >= 0.3 is 0 Å². The summed E-state index contributed by atoms with van der Waals surface area (Å²) in [5, 5.41) is 0. The van der Waals surface area contributed by atoms with Gasteiger partial charge in [-0.05, 0) is 67.6 Å². The minimum Gasteiger partial charge on any atom is -0.398 e. The molecule has 0 radical (unpaired) electrons. The van der Waals surface area contributed by atoms with Gasteiger partial charge in [0, 0.05) is 36.1 Å². The van der Waals surface area contributed by atoms with Gasteiger partial charge < -0.3 is 10.6 Å². The van der Waals surface area contributed by atoms with Crippen molar-refractivity contribution < 1.29 is 4.79 Å². The smallest absolute Gasteiger partial charge is 0.258 e. The number of anilines is 2. The molecule has 0 saturated heterocycles. The number of nitrogens with zero attached hydrogens (tertiary/aromatic N) is 2. The molecule has 2 aromatic carbocycles. The summed E-state index contributed by atoms with van der Waals surface area (Å²) < 4.78 is 0. The molecule has 1 fully saturated rings. The van der Waals surface area contributed by atoms with Gasteiger partial charge in [-0.3, -0.25) is 9.69 Å². The minimum absolute atomic E-state index is 0.0673. The molecular weight excluding hydrogens is 322 g/mol. The van der Waals surface area contributed by atoms with Crippen LogP contribution in [0.3, 0.4) is 0 Å². The molecule has 4 rings (SSSR count). The minimum atomic E-state index is 0.0673. The number of hydrogen-bond donors (Lipinski definition) is 1. The van der Waals surface area contributed by atoms with Crippen molar-refractivity contribution in [3.63, 3.8) is 0 Å². The summed E-state index contributed by atoms with van der Waals surface area (Å²) in [5.74, 6) is 0.0673. The van der Waals surface area contributed by atoms with Crippen molar-refractivity contribution in [2.75, 3.05) is 23.7 Å². The lowest BCUT2D eigenvalue weighted by Crippen LogP contribution is -2.35. The highest BCUT2D eigenvalue weighted by molar-refractivity contribution is 6.07. The van der Waals surface area contributed by atoms with Crippen molar-refractivity contribution in [3.05, 3.63) is 59.2 Å². The topological polar surface area (TPSA) is 49.6 Å². The van der Waals surface area contributed by atoms with Crippen LogP contribution in [0.2, 0.25) is 0 Å². The Morgan fingerprint density at radius 3 is 2.65 bits per heavy atom. The van der Waals surface area contributed by atoms with Crippen LogP contribution in [-0.2, 0) is 13.0 Å². The molecule has 2 N–H and O–H groups in total. The Labute approximate surface area is 155 Å². The van der Waals surface area contributed by atoms with E-state index in [1.54, 1.807) is 0 Å². The fraction of sp³-hybridized carbons (Fsp3) is 0.409. The highest BCUT2D eigenvalue weighted by Crippen LogP contribution is 2.32. The molecule has 0 atom stereocenters. The normalized spacial score (nSPS) is 16.6. The van der Waals surface area contributed by atoms with Crippen molar-refractivity contribution in [1.82, 2.24) is 4.90 Å². The van der Waals surface area contributed by atoms with Gasteiger partial charge in [0.25, 0.3) is 5.91 Å². The second-order valence-electron chi connectivity index (χ2n) is 7.40. The molecule has 0 aromatic heterocycles. The van der Waals surface area contributed by atoms with Crippen LogP contribution in [0.15, 0.2) is 42.5 Å². The van der Waals surface area contributed by atoms with E-state index in [2.05, 4.69) is 24.0 Å². The Hall–Kier alpha value is -2.33. The summed E-state index contributed by atoms with van der Waals surface area (Å²) in [6.45, 7) is 5.02. The summed E-state index contributed by atoms with van der Waals surface area (Å²) in [5.41, 5.74) is 11.0. The first-order valence-electron chi connectivity index (χ1n) is 9.69. The molecule has 0 bridgehead atoms. The monoisotopic (exact) mass is 349 g/mol. The van der Waals surface area contributed by atoms with Crippen LogP contribution in [0.1, 0.15) is 47.7 Å². The molecular formula is C22H27N3O. The third kappa shape index (κ3) is 3.34. The Balaban J connectivity index is 1.51. The van der Waals surface area contributed by atoms with Crippen LogP contribution in [0.5, 0.6) is 0 Å². The van der Waals surface area contributed by atoms with Gasteiger partial charge in [-0.25, -0.2) is 0 Å². The van der Waals surface area contributed by atoms with E-state index in [-0.39, 0.29) is 5.91 Å². The fourth-order valence-electron chi connectivity index (χ4n) is 3.94. The van der Waals surface area contributed by atoms with Gasteiger partial charge in [-0.15, -0.1) is 0 Å². The number of rotatable bonds is 5. The van der Waals surface area contributed by atoms with Crippen molar-refractivity contribution in [3.8, 4) is 0 Å². The lowest BCUT2D eigenvalue weighted by Gasteiger charge is -2.30. The van der Waals surface area contributed by atoms with E-state index in [0.29, 0.717) is 0 Å². The van der Waals surface area contributed by atoms with E-state index in [1.165, 1.54) is 18.4 Å². The van der Waals surface area contributed by atoms with Crippen LogP contribution in [-0.4, -0.2) is 29.9 Å². The van der Waals surface area contributed by atoms with Gasteiger partial charge in [0.05, 0.1) is 0 Å². The van der Waals surface area contributed by atoms with Crippen LogP contribution in [0, 0.1) is 0 Å². The highest BCUT2D eigenvalue weighted by atomic mass is 16.2. The number of nitrogen functional groups attached to an aromatic ring is 1. The molecule has 136 valence electrons. The van der Waals surface area contributed by atoms with Crippen LogP contribution in [0.4, 0.5) is 11.4 Å². The SMILES string of the molecule is CCN(Cc1ccc(C(=O)N2CCCc3c(N)cccc32)cc1)C1CC1. The molecule has 4 nitrogen and oxygen atoms in total. The standard InChI is InChI=1S/C22H27N3O/c1-2-24(18-12-13-18)15-16-8-10-17(11-9-16)22(26)25-14-4-5-19-20(23)6-3-7-21(19)25/h3,6-11,18H,2,4-5,12-15,23H2,1H3. The molecule has 0 unspecified atom stereocenters. The maximum atomic E-state index is 13.1. The van der Waals surface area contributed by atoms with Crippen molar-refractivity contribution in [2.24, 2.45) is 0 Å². The largest absolute Gasteiger partial charge is 0.398 e. The third-order valence-corrected chi connectivity index (χ3v) is 5.59. The second-order valence-corrected chi connectivity index (χ2v) is 7.40. The molecule has 2 aliphatic rings. The van der Waals surface area contributed by atoms with E-state index < -0.39 is 0 Å². The van der Waals surface area contributed by atoms with Crippen LogP contribution < -0.4 is 10.6 Å². The zero-order chi connectivity index (χ0) is 18.1. The lowest BCUT2D eigenvalue weighted by atomic mass is 9.99. The Kier molecular flexibility index (Phi) is 4.68. The molecule has 0 spiro atoms. The lowest BCUT2D eigenvalue weighted by molar-refractivity contribution is 0.0985. The Morgan fingerprint density at radius 2 is 1.96 bits per heavy atom. The predicted octanol–water partition coefficient (Wildman–Crippen LogP) is 3.85. The Bertz CT molecular complexity index is 796. The second kappa shape index (κ2) is 7.12. The molecule has 1 amide bonds. The fourth-order valence-corrected chi connectivity index (χ4v) is 3.94. The van der Waals surface area contributed by atoms with Gasteiger partial charge in [0.15, 0.2) is 0 Å². The van der Waals surface area contributed by atoms with Crippen molar-refractivity contribution in [2.45, 2.75) is 45.2 Å². The average Bonchev–Trinajstić information content (AvgIpc) is 3.51. The number of benzene rings is 2.